The number of nitrogens with zero attached hydrogens (tertiary/aromatic N) is 2. The van der Waals surface area contributed by atoms with Gasteiger partial charge in [-0.25, -0.2) is 0 Å². The van der Waals surface area contributed by atoms with Crippen molar-refractivity contribution in [1.82, 2.24) is 15.2 Å². The fourth-order valence-corrected chi connectivity index (χ4v) is 2.14. The number of carbonyl (C=O) groups is 3. The van der Waals surface area contributed by atoms with Crippen LogP contribution in [0.1, 0.15) is 18.4 Å². The minimum atomic E-state index is -0.140. The van der Waals surface area contributed by atoms with Gasteiger partial charge >= 0.3 is 0 Å². The Labute approximate surface area is 128 Å². The van der Waals surface area contributed by atoms with Gasteiger partial charge < -0.3 is 10.1 Å². The molecule has 1 aromatic heterocycles. The number of imide groups is 1. The average Bonchev–Trinajstić information content (AvgIpc) is 2.83. The van der Waals surface area contributed by atoms with E-state index in [1.807, 2.05) is 6.07 Å². The van der Waals surface area contributed by atoms with Gasteiger partial charge in [0.25, 0.3) is 0 Å². The van der Waals surface area contributed by atoms with Crippen molar-refractivity contribution < 1.29 is 19.1 Å². The Hall–Kier alpha value is -2.28. The van der Waals surface area contributed by atoms with E-state index in [2.05, 4.69) is 10.3 Å². The summed E-state index contributed by atoms with van der Waals surface area (Å²) in [6.07, 6.45) is 4.18. The molecule has 2 rings (SSSR count). The molecule has 1 aliphatic heterocycles. The largest absolute Gasteiger partial charge is 0.378 e. The SMILES string of the molecule is O=C(Cc1cccnc1)NCCOCCN1C(=O)CCC1=O. The Kier molecular flexibility index (Phi) is 6.02. The first-order valence-corrected chi connectivity index (χ1v) is 7.23. The van der Waals surface area contributed by atoms with E-state index < -0.39 is 0 Å². The fraction of sp³-hybridized carbons (Fsp3) is 0.467. The number of pyridine rings is 1. The van der Waals surface area contributed by atoms with Gasteiger partial charge in [0, 0.05) is 31.8 Å². The third kappa shape index (κ3) is 4.92. The van der Waals surface area contributed by atoms with Crippen molar-refractivity contribution in [3.05, 3.63) is 30.1 Å². The van der Waals surface area contributed by atoms with E-state index in [1.54, 1.807) is 18.5 Å². The molecule has 1 saturated heterocycles. The summed E-state index contributed by atoms with van der Waals surface area (Å²) in [7, 11) is 0. The quantitative estimate of drug-likeness (QED) is 0.535. The molecule has 1 aliphatic rings. The molecule has 0 bridgehead atoms. The highest BCUT2D eigenvalue weighted by molar-refractivity contribution is 6.01. The van der Waals surface area contributed by atoms with Crippen LogP contribution >= 0.6 is 0 Å². The summed E-state index contributed by atoms with van der Waals surface area (Å²) in [5, 5.41) is 2.74. The molecule has 0 spiro atoms. The fourth-order valence-electron chi connectivity index (χ4n) is 2.14. The molecule has 1 aromatic rings. The van der Waals surface area contributed by atoms with E-state index in [-0.39, 0.29) is 37.3 Å². The van der Waals surface area contributed by atoms with E-state index >= 15 is 0 Å². The predicted molar refractivity (Wildman–Crippen MR) is 77.7 cm³/mol. The molecule has 7 heteroatoms. The lowest BCUT2D eigenvalue weighted by molar-refractivity contribution is -0.139. The first-order valence-electron chi connectivity index (χ1n) is 7.23. The molecule has 7 nitrogen and oxygen atoms in total. The molecular formula is C15H19N3O4. The Morgan fingerprint density at radius 1 is 1.27 bits per heavy atom. The van der Waals surface area contributed by atoms with Gasteiger partial charge in [-0.2, -0.15) is 0 Å². The van der Waals surface area contributed by atoms with Gasteiger partial charge in [0.05, 0.1) is 26.2 Å². The first kappa shape index (κ1) is 16.1. The number of hydrogen-bond acceptors (Lipinski definition) is 5. The van der Waals surface area contributed by atoms with Crippen LogP contribution in [-0.2, 0) is 25.5 Å². The maximum atomic E-state index is 11.6. The molecule has 0 atom stereocenters. The molecule has 3 amide bonds. The minimum Gasteiger partial charge on any atom is -0.378 e. The Morgan fingerprint density at radius 2 is 2.05 bits per heavy atom. The number of rotatable bonds is 8. The van der Waals surface area contributed by atoms with Crippen LogP contribution < -0.4 is 5.32 Å². The molecule has 0 unspecified atom stereocenters. The molecule has 22 heavy (non-hydrogen) atoms. The van der Waals surface area contributed by atoms with Gasteiger partial charge in [0.2, 0.25) is 17.7 Å². The van der Waals surface area contributed by atoms with Crippen LogP contribution in [0.25, 0.3) is 0 Å². The summed E-state index contributed by atoms with van der Waals surface area (Å²) in [6, 6.07) is 3.62. The summed E-state index contributed by atoms with van der Waals surface area (Å²) in [5.41, 5.74) is 0.854. The van der Waals surface area contributed by atoms with E-state index in [1.165, 1.54) is 4.90 Å². The smallest absolute Gasteiger partial charge is 0.229 e. The monoisotopic (exact) mass is 305 g/mol. The highest BCUT2D eigenvalue weighted by Gasteiger charge is 2.28. The molecular weight excluding hydrogens is 286 g/mol. The van der Waals surface area contributed by atoms with Gasteiger partial charge in [-0.1, -0.05) is 6.07 Å². The maximum Gasteiger partial charge on any atom is 0.229 e. The number of hydrogen-bond donors (Lipinski definition) is 1. The topological polar surface area (TPSA) is 88.6 Å². The van der Waals surface area contributed by atoms with Gasteiger partial charge in [-0.3, -0.25) is 24.3 Å². The van der Waals surface area contributed by atoms with Crippen molar-refractivity contribution in [2.24, 2.45) is 0 Å². The zero-order chi connectivity index (χ0) is 15.8. The van der Waals surface area contributed by atoms with Crippen LogP contribution in [0.15, 0.2) is 24.5 Å². The summed E-state index contributed by atoms with van der Waals surface area (Å²) in [4.78, 5) is 39.5. The zero-order valence-electron chi connectivity index (χ0n) is 12.3. The highest BCUT2D eigenvalue weighted by atomic mass is 16.5. The number of aromatic nitrogens is 1. The molecule has 0 radical (unpaired) electrons. The van der Waals surface area contributed by atoms with E-state index in [0.29, 0.717) is 26.0 Å². The van der Waals surface area contributed by atoms with Crippen LogP contribution in [0.2, 0.25) is 0 Å². The molecule has 0 aliphatic carbocycles. The average molecular weight is 305 g/mol. The first-order chi connectivity index (χ1) is 10.7. The summed E-state index contributed by atoms with van der Waals surface area (Å²) < 4.78 is 5.32. The van der Waals surface area contributed by atoms with Crippen molar-refractivity contribution >= 4 is 17.7 Å². The minimum absolute atomic E-state index is 0.0958. The van der Waals surface area contributed by atoms with Crippen LogP contribution in [0.5, 0.6) is 0 Å². The summed E-state index contributed by atoms with van der Waals surface area (Å²) in [5.74, 6) is -0.377. The number of likely N-dealkylation sites (tertiary alicyclic amines) is 1. The second kappa shape index (κ2) is 8.23. The Balaban J connectivity index is 1.53. The summed E-state index contributed by atoms with van der Waals surface area (Å²) >= 11 is 0. The molecule has 118 valence electrons. The van der Waals surface area contributed by atoms with Crippen LogP contribution in [0, 0.1) is 0 Å². The van der Waals surface area contributed by atoms with Gasteiger partial charge in [-0.15, -0.1) is 0 Å². The standard InChI is InChI=1S/C15H19N3O4/c19-13(10-12-2-1-5-16-11-12)17-6-8-22-9-7-18-14(20)3-4-15(18)21/h1-2,5,11H,3-4,6-10H2,(H,17,19). The molecule has 1 N–H and O–H groups in total. The zero-order valence-corrected chi connectivity index (χ0v) is 12.3. The molecule has 0 aromatic carbocycles. The lowest BCUT2D eigenvalue weighted by Gasteiger charge is -2.13. The van der Waals surface area contributed by atoms with Crippen LogP contribution in [-0.4, -0.2) is 53.9 Å². The lowest BCUT2D eigenvalue weighted by atomic mass is 10.2. The third-order valence-corrected chi connectivity index (χ3v) is 3.27. The van der Waals surface area contributed by atoms with Crippen molar-refractivity contribution in [3.8, 4) is 0 Å². The molecule has 2 heterocycles. The van der Waals surface area contributed by atoms with Crippen molar-refractivity contribution in [2.75, 3.05) is 26.3 Å². The lowest BCUT2D eigenvalue weighted by Crippen LogP contribution is -2.33. The number of carbonyl (C=O) groups excluding carboxylic acids is 3. The normalized spacial score (nSPS) is 14.5. The van der Waals surface area contributed by atoms with E-state index in [9.17, 15) is 14.4 Å². The van der Waals surface area contributed by atoms with Gasteiger partial charge in [0.1, 0.15) is 0 Å². The highest BCUT2D eigenvalue weighted by Crippen LogP contribution is 2.10. The van der Waals surface area contributed by atoms with Crippen LogP contribution in [0.4, 0.5) is 0 Å². The number of ether oxygens (including phenoxy) is 1. The van der Waals surface area contributed by atoms with E-state index in [0.717, 1.165) is 5.56 Å². The Bertz CT molecular complexity index is 517. The number of amides is 3. The Morgan fingerprint density at radius 3 is 2.73 bits per heavy atom. The number of nitrogens with one attached hydrogen (secondary N) is 1. The maximum absolute atomic E-state index is 11.6. The third-order valence-electron chi connectivity index (χ3n) is 3.27. The van der Waals surface area contributed by atoms with Gasteiger partial charge in [-0.05, 0) is 11.6 Å². The predicted octanol–water partition coefficient (Wildman–Crippen LogP) is -0.0941. The second-order valence-corrected chi connectivity index (χ2v) is 4.94. The van der Waals surface area contributed by atoms with Crippen molar-refractivity contribution in [1.29, 1.82) is 0 Å². The van der Waals surface area contributed by atoms with Crippen LogP contribution in [0.3, 0.4) is 0 Å². The summed E-state index contributed by atoms with van der Waals surface area (Å²) in [6.45, 7) is 1.30. The molecule has 1 fully saturated rings. The van der Waals surface area contributed by atoms with E-state index in [4.69, 9.17) is 4.74 Å². The second-order valence-electron chi connectivity index (χ2n) is 4.94. The van der Waals surface area contributed by atoms with Crippen molar-refractivity contribution in [2.45, 2.75) is 19.3 Å². The molecule has 0 saturated carbocycles. The van der Waals surface area contributed by atoms with Crippen molar-refractivity contribution in [3.63, 3.8) is 0 Å². The van der Waals surface area contributed by atoms with Gasteiger partial charge in [0.15, 0.2) is 0 Å².